The van der Waals surface area contributed by atoms with E-state index in [-0.39, 0.29) is 5.97 Å². The van der Waals surface area contributed by atoms with E-state index < -0.39 is 0 Å². The van der Waals surface area contributed by atoms with Crippen molar-refractivity contribution in [3.05, 3.63) is 42.5 Å². The smallest absolute Gasteiger partial charge is 0.330 e. The average Bonchev–Trinajstić information content (AvgIpc) is 2.48. The fraction of sp³-hybridized carbons (Fsp3) is 0.438. The molecule has 4 nitrogen and oxygen atoms in total. The van der Waals surface area contributed by atoms with Crippen molar-refractivity contribution in [2.24, 2.45) is 0 Å². The Kier molecular flexibility index (Phi) is 5.18. The molecule has 1 aliphatic rings. The SMILES string of the molecule is C=CC(=O)OCCN1CCN(c2ccc(C)cc2)CC1. The molecule has 108 valence electrons. The molecule has 0 N–H and O–H groups in total. The summed E-state index contributed by atoms with van der Waals surface area (Å²) < 4.78 is 5.01. The molecule has 0 saturated carbocycles. The fourth-order valence-corrected chi connectivity index (χ4v) is 2.32. The Morgan fingerprint density at radius 1 is 1.25 bits per heavy atom. The molecule has 0 aromatic heterocycles. The molecule has 0 amide bonds. The van der Waals surface area contributed by atoms with E-state index in [1.807, 2.05) is 0 Å². The number of rotatable bonds is 5. The van der Waals surface area contributed by atoms with E-state index in [0.717, 1.165) is 32.7 Å². The van der Waals surface area contributed by atoms with Crippen LogP contribution in [0.4, 0.5) is 5.69 Å². The summed E-state index contributed by atoms with van der Waals surface area (Å²) >= 11 is 0. The van der Waals surface area contributed by atoms with Gasteiger partial charge >= 0.3 is 5.97 Å². The maximum atomic E-state index is 11.0. The predicted molar refractivity (Wildman–Crippen MR) is 81.0 cm³/mol. The van der Waals surface area contributed by atoms with Crippen LogP contribution in [0.25, 0.3) is 0 Å². The third kappa shape index (κ3) is 4.10. The first-order chi connectivity index (χ1) is 9.69. The van der Waals surface area contributed by atoms with Gasteiger partial charge in [0.2, 0.25) is 0 Å². The van der Waals surface area contributed by atoms with Crippen molar-refractivity contribution in [3.8, 4) is 0 Å². The molecule has 1 saturated heterocycles. The van der Waals surface area contributed by atoms with Gasteiger partial charge in [-0.15, -0.1) is 0 Å². The first-order valence-corrected chi connectivity index (χ1v) is 7.02. The van der Waals surface area contributed by atoms with Crippen LogP contribution in [0.2, 0.25) is 0 Å². The van der Waals surface area contributed by atoms with E-state index in [2.05, 4.69) is 47.6 Å². The van der Waals surface area contributed by atoms with Gasteiger partial charge in [-0.3, -0.25) is 4.90 Å². The van der Waals surface area contributed by atoms with Gasteiger partial charge in [0.15, 0.2) is 0 Å². The summed E-state index contributed by atoms with van der Waals surface area (Å²) in [5.41, 5.74) is 2.57. The first-order valence-electron chi connectivity index (χ1n) is 7.02. The van der Waals surface area contributed by atoms with Gasteiger partial charge in [0.1, 0.15) is 6.61 Å². The molecule has 1 fully saturated rings. The molecule has 1 aromatic rings. The van der Waals surface area contributed by atoms with Gasteiger partial charge in [-0.05, 0) is 19.1 Å². The Labute approximate surface area is 120 Å². The molecule has 0 bridgehead atoms. The second-order valence-corrected chi connectivity index (χ2v) is 5.04. The van der Waals surface area contributed by atoms with E-state index >= 15 is 0 Å². The first kappa shape index (κ1) is 14.6. The number of anilines is 1. The maximum Gasteiger partial charge on any atom is 0.330 e. The van der Waals surface area contributed by atoms with E-state index in [1.54, 1.807) is 0 Å². The van der Waals surface area contributed by atoms with Gasteiger partial charge in [0.05, 0.1) is 0 Å². The van der Waals surface area contributed by atoms with Crippen LogP contribution in [-0.2, 0) is 9.53 Å². The zero-order valence-corrected chi connectivity index (χ0v) is 12.0. The van der Waals surface area contributed by atoms with E-state index in [4.69, 9.17) is 4.74 Å². The summed E-state index contributed by atoms with van der Waals surface area (Å²) in [6.45, 7) is 10.7. The van der Waals surface area contributed by atoms with Gasteiger partial charge < -0.3 is 9.64 Å². The number of benzene rings is 1. The molecule has 20 heavy (non-hydrogen) atoms. The summed E-state index contributed by atoms with van der Waals surface area (Å²) in [6.07, 6.45) is 1.20. The summed E-state index contributed by atoms with van der Waals surface area (Å²) in [6, 6.07) is 8.65. The second kappa shape index (κ2) is 7.10. The molecular formula is C16H22N2O2. The third-order valence-electron chi connectivity index (χ3n) is 3.59. The Balaban J connectivity index is 1.73. The largest absolute Gasteiger partial charge is 0.461 e. The molecule has 2 rings (SSSR count). The van der Waals surface area contributed by atoms with Crippen LogP contribution in [0.3, 0.4) is 0 Å². The van der Waals surface area contributed by atoms with Crippen LogP contribution < -0.4 is 4.90 Å². The summed E-state index contributed by atoms with van der Waals surface area (Å²) in [7, 11) is 0. The number of esters is 1. The van der Waals surface area contributed by atoms with Crippen molar-refractivity contribution in [3.63, 3.8) is 0 Å². The standard InChI is InChI=1S/C16H22N2O2/c1-3-16(19)20-13-12-17-8-10-18(11-9-17)15-6-4-14(2)5-7-15/h3-7H,1,8-13H2,2H3. The zero-order valence-electron chi connectivity index (χ0n) is 12.0. The molecule has 0 aliphatic carbocycles. The minimum Gasteiger partial charge on any atom is -0.461 e. The lowest BCUT2D eigenvalue weighted by Gasteiger charge is -2.36. The van der Waals surface area contributed by atoms with Crippen LogP contribution in [0.15, 0.2) is 36.9 Å². The van der Waals surface area contributed by atoms with Gasteiger partial charge in [0, 0.05) is 44.5 Å². The van der Waals surface area contributed by atoms with Gasteiger partial charge in [-0.1, -0.05) is 24.3 Å². The predicted octanol–water partition coefficient (Wildman–Crippen LogP) is 1.85. The van der Waals surface area contributed by atoms with Crippen molar-refractivity contribution in [1.82, 2.24) is 4.90 Å². The minimum atomic E-state index is -0.344. The maximum absolute atomic E-state index is 11.0. The molecule has 0 unspecified atom stereocenters. The molecule has 1 aromatic carbocycles. The molecule has 0 radical (unpaired) electrons. The Bertz CT molecular complexity index is 448. The molecular weight excluding hydrogens is 252 g/mol. The molecule has 1 aliphatic heterocycles. The van der Waals surface area contributed by atoms with Gasteiger partial charge in [-0.25, -0.2) is 4.79 Å². The van der Waals surface area contributed by atoms with E-state index in [0.29, 0.717) is 6.61 Å². The number of nitrogens with zero attached hydrogens (tertiary/aromatic N) is 2. The average molecular weight is 274 g/mol. The zero-order chi connectivity index (χ0) is 14.4. The number of ether oxygens (including phenoxy) is 1. The number of carbonyl (C=O) groups excluding carboxylic acids is 1. The lowest BCUT2D eigenvalue weighted by Crippen LogP contribution is -2.47. The van der Waals surface area contributed by atoms with Crippen molar-refractivity contribution < 1.29 is 9.53 Å². The highest BCUT2D eigenvalue weighted by atomic mass is 16.5. The van der Waals surface area contributed by atoms with E-state index in [1.165, 1.54) is 17.3 Å². The topological polar surface area (TPSA) is 32.8 Å². The Morgan fingerprint density at radius 2 is 1.90 bits per heavy atom. The number of piperazine rings is 1. The molecule has 0 atom stereocenters. The van der Waals surface area contributed by atoms with Gasteiger partial charge in [0.25, 0.3) is 0 Å². The van der Waals surface area contributed by atoms with Gasteiger partial charge in [-0.2, -0.15) is 0 Å². The second-order valence-electron chi connectivity index (χ2n) is 5.04. The minimum absolute atomic E-state index is 0.344. The number of hydrogen-bond acceptors (Lipinski definition) is 4. The fourth-order valence-electron chi connectivity index (χ4n) is 2.32. The third-order valence-corrected chi connectivity index (χ3v) is 3.59. The van der Waals surface area contributed by atoms with Crippen molar-refractivity contribution in [1.29, 1.82) is 0 Å². The van der Waals surface area contributed by atoms with E-state index in [9.17, 15) is 4.79 Å². The summed E-state index contributed by atoms with van der Waals surface area (Å²) in [4.78, 5) is 15.7. The lowest BCUT2D eigenvalue weighted by atomic mass is 10.2. The van der Waals surface area contributed by atoms with Crippen LogP contribution in [0, 0.1) is 6.92 Å². The van der Waals surface area contributed by atoms with Crippen LogP contribution in [-0.4, -0.2) is 50.2 Å². The number of carbonyl (C=O) groups is 1. The number of aryl methyl sites for hydroxylation is 1. The van der Waals surface area contributed by atoms with Crippen LogP contribution in [0.1, 0.15) is 5.56 Å². The number of hydrogen-bond donors (Lipinski definition) is 0. The normalized spacial score (nSPS) is 15.9. The highest BCUT2D eigenvalue weighted by Crippen LogP contribution is 2.16. The van der Waals surface area contributed by atoms with Crippen molar-refractivity contribution in [2.75, 3.05) is 44.2 Å². The van der Waals surface area contributed by atoms with Crippen molar-refractivity contribution >= 4 is 11.7 Å². The Hall–Kier alpha value is -1.81. The van der Waals surface area contributed by atoms with Crippen molar-refractivity contribution in [2.45, 2.75) is 6.92 Å². The summed E-state index contributed by atoms with van der Waals surface area (Å²) in [5.74, 6) is -0.344. The molecule has 1 heterocycles. The highest BCUT2D eigenvalue weighted by molar-refractivity contribution is 5.81. The highest BCUT2D eigenvalue weighted by Gasteiger charge is 2.16. The molecule has 4 heteroatoms. The van der Waals surface area contributed by atoms with Crippen LogP contribution >= 0.6 is 0 Å². The monoisotopic (exact) mass is 274 g/mol. The Morgan fingerprint density at radius 3 is 2.50 bits per heavy atom. The van der Waals surface area contributed by atoms with Crippen LogP contribution in [0.5, 0.6) is 0 Å². The quantitative estimate of drug-likeness (QED) is 0.606. The summed E-state index contributed by atoms with van der Waals surface area (Å²) in [5, 5.41) is 0. The lowest BCUT2D eigenvalue weighted by molar-refractivity contribution is -0.138. The molecule has 0 spiro atoms.